The second-order valence-corrected chi connectivity index (χ2v) is 9.26. The van der Waals surface area contributed by atoms with Crippen LogP contribution < -0.4 is 16.0 Å². The van der Waals surface area contributed by atoms with Crippen molar-refractivity contribution in [2.45, 2.75) is 49.0 Å². The first-order valence-electron chi connectivity index (χ1n) is 9.22. The van der Waals surface area contributed by atoms with Gasteiger partial charge >= 0.3 is 0 Å². The number of thiocarbonyl (C=S) groups is 1. The zero-order chi connectivity index (χ0) is 20.6. The molecular formula is C20H24Cl3N3OS. The van der Waals surface area contributed by atoms with Crippen LogP contribution >= 0.6 is 47.0 Å². The maximum atomic E-state index is 12.2. The highest BCUT2D eigenvalue weighted by atomic mass is 35.6. The number of hydrogen-bond acceptors (Lipinski definition) is 2. The molecule has 0 saturated carbocycles. The number of fused-ring (bicyclic) bond motifs is 1. The maximum Gasteiger partial charge on any atom is 0.228 e. The molecule has 3 N–H and O–H groups in total. The third-order valence-electron chi connectivity index (χ3n) is 4.20. The highest BCUT2D eigenvalue weighted by Crippen LogP contribution is 2.29. The molecule has 0 aliphatic rings. The minimum absolute atomic E-state index is 0.187. The molecule has 1 atom stereocenters. The van der Waals surface area contributed by atoms with Gasteiger partial charge in [0.05, 0.1) is 0 Å². The monoisotopic (exact) mass is 459 g/mol. The van der Waals surface area contributed by atoms with Gasteiger partial charge in [0.1, 0.15) is 6.17 Å². The molecular weight excluding hydrogens is 437 g/mol. The van der Waals surface area contributed by atoms with E-state index in [1.54, 1.807) is 0 Å². The number of rotatable bonds is 8. The Labute approximate surface area is 186 Å². The van der Waals surface area contributed by atoms with Crippen LogP contribution in [0.3, 0.4) is 0 Å². The predicted octanol–water partition coefficient (Wildman–Crippen LogP) is 5.91. The van der Waals surface area contributed by atoms with Gasteiger partial charge in [-0.3, -0.25) is 4.79 Å². The molecule has 4 nitrogen and oxygen atoms in total. The van der Waals surface area contributed by atoms with Crippen molar-refractivity contribution >= 4 is 74.5 Å². The number of unbranched alkanes of at least 4 members (excludes halogenated alkanes) is 3. The number of amides is 1. The fraction of sp³-hybridized carbons (Fsp3) is 0.400. The highest BCUT2D eigenvalue weighted by molar-refractivity contribution is 7.80. The zero-order valence-electron chi connectivity index (χ0n) is 15.6. The van der Waals surface area contributed by atoms with Gasteiger partial charge in [0.2, 0.25) is 9.70 Å². The molecule has 0 heterocycles. The van der Waals surface area contributed by atoms with Crippen LogP contribution in [0.2, 0.25) is 0 Å². The number of halogens is 3. The van der Waals surface area contributed by atoms with Crippen molar-refractivity contribution in [1.82, 2.24) is 10.6 Å². The number of hydrogen-bond donors (Lipinski definition) is 3. The minimum atomic E-state index is -1.76. The van der Waals surface area contributed by atoms with Gasteiger partial charge in [-0.2, -0.15) is 0 Å². The molecule has 2 aromatic rings. The van der Waals surface area contributed by atoms with Crippen LogP contribution in [-0.4, -0.2) is 21.0 Å². The van der Waals surface area contributed by atoms with Crippen molar-refractivity contribution in [2.24, 2.45) is 0 Å². The Hall–Kier alpha value is -1.27. The van der Waals surface area contributed by atoms with Crippen LogP contribution in [0, 0.1) is 0 Å². The number of anilines is 1. The van der Waals surface area contributed by atoms with E-state index < -0.39 is 9.96 Å². The first-order valence-corrected chi connectivity index (χ1v) is 10.8. The molecule has 0 spiro atoms. The Kier molecular flexibility index (Phi) is 9.09. The van der Waals surface area contributed by atoms with E-state index in [0.29, 0.717) is 6.42 Å². The summed E-state index contributed by atoms with van der Waals surface area (Å²) in [7, 11) is 0. The standard InChI is InChI=1S/C20H24Cl3N3OS/c1-2-3-4-5-13-17(27)25-18(20(21,22)23)26-19(28)24-16-12-8-10-14-9-6-7-11-15(14)16/h6-12,18H,2-5,13H2,1H3,(H,25,27)(H2,24,26,28). The molecule has 0 aliphatic carbocycles. The molecule has 0 aliphatic heterocycles. The Morgan fingerprint density at radius 2 is 1.75 bits per heavy atom. The first-order chi connectivity index (χ1) is 13.3. The average molecular weight is 461 g/mol. The second-order valence-electron chi connectivity index (χ2n) is 6.48. The van der Waals surface area contributed by atoms with Crippen molar-refractivity contribution in [3.8, 4) is 0 Å². The summed E-state index contributed by atoms with van der Waals surface area (Å²) in [6.07, 6.45) is 3.42. The third-order valence-corrected chi connectivity index (χ3v) is 5.08. The Morgan fingerprint density at radius 1 is 1.04 bits per heavy atom. The van der Waals surface area contributed by atoms with E-state index in [0.717, 1.165) is 42.1 Å². The lowest BCUT2D eigenvalue weighted by Crippen LogP contribution is -2.56. The molecule has 0 radical (unpaired) electrons. The van der Waals surface area contributed by atoms with Crippen LogP contribution in [0.4, 0.5) is 5.69 Å². The first kappa shape index (κ1) is 23.0. The summed E-state index contributed by atoms with van der Waals surface area (Å²) in [5.74, 6) is -0.187. The van der Waals surface area contributed by atoms with E-state index >= 15 is 0 Å². The molecule has 1 unspecified atom stereocenters. The zero-order valence-corrected chi connectivity index (χ0v) is 18.7. The molecule has 0 saturated heterocycles. The largest absolute Gasteiger partial charge is 0.339 e. The number of alkyl halides is 3. The topological polar surface area (TPSA) is 53.2 Å². The summed E-state index contributed by atoms with van der Waals surface area (Å²) < 4.78 is -1.76. The maximum absolute atomic E-state index is 12.2. The lowest BCUT2D eigenvalue weighted by molar-refractivity contribution is -0.122. The smallest absolute Gasteiger partial charge is 0.228 e. The van der Waals surface area contributed by atoms with Crippen LogP contribution in [0.25, 0.3) is 10.8 Å². The quantitative estimate of drug-likeness (QED) is 0.198. The summed E-state index contributed by atoms with van der Waals surface area (Å²) in [4.78, 5) is 12.2. The average Bonchev–Trinajstić information content (AvgIpc) is 2.64. The van der Waals surface area contributed by atoms with E-state index in [1.165, 1.54) is 0 Å². The molecule has 0 fully saturated rings. The highest BCUT2D eigenvalue weighted by Gasteiger charge is 2.34. The van der Waals surface area contributed by atoms with E-state index in [9.17, 15) is 4.79 Å². The summed E-state index contributed by atoms with van der Waals surface area (Å²) >= 11 is 23.5. The van der Waals surface area contributed by atoms with Gasteiger partial charge in [0.15, 0.2) is 5.11 Å². The molecule has 152 valence electrons. The van der Waals surface area contributed by atoms with E-state index in [4.69, 9.17) is 47.0 Å². The fourth-order valence-electron chi connectivity index (χ4n) is 2.77. The summed E-state index contributed by atoms with van der Waals surface area (Å²) in [5, 5.41) is 11.1. The number of benzene rings is 2. The minimum Gasteiger partial charge on any atom is -0.339 e. The van der Waals surface area contributed by atoms with Crippen molar-refractivity contribution in [3.05, 3.63) is 42.5 Å². The molecule has 2 rings (SSSR count). The molecule has 0 aromatic heterocycles. The van der Waals surface area contributed by atoms with Gasteiger partial charge in [-0.15, -0.1) is 0 Å². The third kappa shape index (κ3) is 7.28. The lowest BCUT2D eigenvalue weighted by Gasteiger charge is -2.28. The number of carbonyl (C=O) groups excluding carboxylic acids is 1. The van der Waals surface area contributed by atoms with Crippen molar-refractivity contribution in [3.63, 3.8) is 0 Å². The summed E-state index contributed by atoms with van der Waals surface area (Å²) in [6, 6.07) is 13.8. The van der Waals surface area contributed by atoms with E-state index in [2.05, 4.69) is 22.9 Å². The summed E-state index contributed by atoms with van der Waals surface area (Å²) in [5.41, 5.74) is 0.824. The van der Waals surface area contributed by atoms with Gasteiger partial charge in [0, 0.05) is 17.5 Å². The van der Waals surface area contributed by atoms with Gasteiger partial charge in [-0.1, -0.05) is 97.4 Å². The molecule has 2 aromatic carbocycles. The molecule has 1 amide bonds. The van der Waals surface area contributed by atoms with Crippen LogP contribution in [0.5, 0.6) is 0 Å². The van der Waals surface area contributed by atoms with Gasteiger partial charge < -0.3 is 16.0 Å². The van der Waals surface area contributed by atoms with Gasteiger partial charge in [0.25, 0.3) is 0 Å². The van der Waals surface area contributed by atoms with Gasteiger partial charge in [-0.05, 0) is 30.1 Å². The van der Waals surface area contributed by atoms with Crippen LogP contribution in [0.15, 0.2) is 42.5 Å². The normalized spacial score (nSPS) is 12.4. The van der Waals surface area contributed by atoms with Crippen molar-refractivity contribution < 1.29 is 4.79 Å². The van der Waals surface area contributed by atoms with Crippen LogP contribution in [-0.2, 0) is 4.79 Å². The Bertz CT molecular complexity index is 805. The van der Waals surface area contributed by atoms with E-state index in [1.807, 2.05) is 42.5 Å². The molecule has 0 bridgehead atoms. The summed E-state index contributed by atoms with van der Waals surface area (Å²) in [6.45, 7) is 2.12. The number of carbonyl (C=O) groups is 1. The van der Waals surface area contributed by atoms with E-state index in [-0.39, 0.29) is 11.0 Å². The molecule has 8 heteroatoms. The Morgan fingerprint density at radius 3 is 2.46 bits per heavy atom. The fourth-order valence-corrected chi connectivity index (χ4v) is 3.32. The Balaban J connectivity index is 1.99. The predicted molar refractivity (Wildman–Crippen MR) is 124 cm³/mol. The van der Waals surface area contributed by atoms with Crippen molar-refractivity contribution in [2.75, 3.05) is 5.32 Å². The lowest BCUT2D eigenvalue weighted by atomic mass is 10.1. The molecule has 28 heavy (non-hydrogen) atoms. The van der Waals surface area contributed by atoms with Gasteiger partial charge in [-0.25, -0.2) is 0 Å². The SMILES string of the molecule is CCCCCCC(=O)NC(NC(=S)Nc1cccc2ccccc12)C(Cl)(Cl)Cl. The number of nitrogens with one attached hydrogen (secondary N) is 3. The second kappa shape index (κ2) is 11.1. The van der Waals surface area contributed by atoms with Crippen molar-refractivity contribution in [1.29, 1.82) is 0 Å². The van der Waals surface area contributed by atoms with Crippen LogP contribution in [0.1, 0.15) is 39.0 Å².